The van der Waals surface area contributed by atoms with E-state index in [1.54, 1.807) is 6.20 Å². The molecule has 0 aliphatic rings. The number of fused-ring (bicyclic) bond motifs is 1. The lowest BCUT2D eigenvalue weighted by Crippen LogP contribution is -2.12. The molecule has 4 heteroatoms. The lowest BCUT2D eigenvalue weighted by Gasteiger charge is -2.02. The van der Waals surface area contributed by atoms with Crippen LogP contribution < -0.4 is 5.73 Å². The topological polar surface area (TPSA) is 65.2 Å². The van der Waals surface area contributed by atoms with E-state index in [0.29, 0.717) is 0 Å². The van der Waals surface area contributed by atoms with Gasteiger partial charge < -0.3 is 10.5 Å². The number of carbonyl (C=O) groups is 1. The molecule has 1 heterocycles. The lowest BCUT2D eigenvalue weighted by atomic mass is 10.2. The third-order valence-electron chi connectivity index (χ3n) is 2.03. The Labute approximate surface area is 86.7 Å². The largest absolute Gasteiger partial charge is 0.445 e. The summed E-state index contributed by atoms with van der Waals surface area (Å²) in [6.45, 7) is 0.160. The lowest BCUT2D eigenvalue weighted by molar-refractivity contribution is 0.150. The van der Waals surface area contributed by atoms with Crippen LogP contribution in [0, 0.1) is 0 Å². The summed E-state index contributed by atoms with van der Waals surface area (Å²) < 4.78 is 4.68. The zero-order chi connectivity index (χ0) is 10.7. The highest BCUT2D eigenvalue weighted by Crippen LogP contribution is 2.12. The van der Waals surface area contributed by atoms with Crippen molar-refractivity contribution in [1.29, 1.82) is 0 Å². The van der Waals surface area contributed by atoms with Gasteiger partial charge in [0.1, 0.15) is 6.61 Å². The molecule has 15 heavy (non-hydrogen) atoms. The van der Waals surface area contributed by atoms with Crippen LogP contribution >= 0.6 is 0 Å². The molecular weight excluding hydrogens is 192 g/mol. The van der Waals surface area contributed by atoms with Crippen LogP contribution in [0.5, 0.6) is 0 Å². The fourth-order valence-corrected chi connectivity index (χ4v) is 1.35. The molecule has 0 radical (unpaired) electrons. The van der Waals surface area contributed by atoms with E-state index >= 15 is 0 Å². The van der Waals surface area contributed by atoms with Gasteiger partial charge in [-0.15, -0.1) is 0 Å². The van der Waals surface area contributed by atoms with E-state index in [2.05, 4.69) is 9.72 Å². The number of nitrogens with zero attached hydrogens (tertiary/aromatic N) is 1. The number of para-hydroxylation sites is 1. The summed E-state index contributed by atoms with van der Waals surface area (Å²) >= 11 is 0. The average molecular weight is 202 g/mol. The number of benzene rings is 1. The molecule has 0 fully saturated rings. The number of rotatable bonds is 2. The van der Waals surface area contributed by atoms with Crippen molar-refractivity contribution in [2.24, 2.45) is 5.73 Å². The number of hydrogen-bond acceptors (Lipinski definition) is 3. The van der Waals surface area contributed by atoms with Crippen LogP contribution in [0.25, 0.3) is 10.9 Å². The van der Waals surface area contributed by atoms with Crippen LogP contribution in [0.1, 0.15) is 5.56 Å². The molecule has 0 bridgehead atoms. The van der Waals surface area contributed by atoms with E-state index in [1.807, 2.05) is 30.3 Å². The molecule has 0 aliphatic carbocycles. The van der Waals surface area contributed by atoms with Crippen molar-refractivity contribution in [3.8, 4) is 0 Å². The monoisotopic (exact) mass is 202 g/mol. The van der Waals surface area contributed by atoms with Crippen molar-refractivity contribution < 1.29 is 9.53 Å². The van der Waals surface area contributed by atoms with E-state index in [4.69, 9.17) is 5.73 Å². The van der Waals surface area contributed by atoms with Crippen molar-refractivity contribution in [1.82, 2.24) is 4.98 Å². The van der Waals surface area contributed by atoms with E-state index < -0.39 is 6.09 Å². The minimum absolute atomic E-state index is 0.160. The Kier molecular flexibility index (Phi) is 2.49. The first-order valence-corrected chi connectivity index (χ1v) is 4.51. The zero-order valence-electron chi connectivity index (χ0n) is 8.01. The van der Waals surface area contributed by atoms with Crippen molar-refractivity contribution in [2.75, 3.05) is 0 Å². The van der Waals surface area contributed by atoms with Gasteiger partial charge in [0, 0.05) is 17.1 Å². The molecular formula is C11H10N2O2. The second-order valence-corrected chi connectivity index (χ2v) is 3.14. The van der Waals surface area contributed by atoms with Gasteiger partial charge in [0.15, 0.2) is 0 Å². The Bertz CT molecular complexity index is 497. The molecule has 2 rings (SSSR count). The van der Waals surface area contributed by atoms with Crippen LogP contribution in [-0.2, 0) is 11.3 Å². The Hall–Kier alpha value is -2.10. The van der Waals surface area contributed by atoms with Gasteiger partial charge in [0.05, 0.1) is 5.52 Å². The third-order valence-corrected chi connectivity index (χ3v) is 2.03. The highest BCUT2D eigenvalue weighted by molar-refractivity contribution is 5.78. The van der Waals surface area contributed by atoms with Gasteiger partial charge in [0.2, 0.25) is 0 Å². The molecule has 0 unspecified atom stereocenters. The summed E-state index contributed by atoms with van der Waals surface area (Å²) in [6.07, 6.45) is 0.897. The van der Waals surface area contributed by atoms with Crippen LogP contribution in [-0.4, -0.2) is 11.1 Å². The average Bonchev–Trinajstić information content (AvgIpc) is 2.26. The summed E-state index contributed by atoms with van der Waals surface area (Å²) in [4.78, 5) is 14.6. The highest BCUT2D eigenvalue weighted by atomic mass is 16.5. The van der Waals surface area contributed by atoms with Gasteiger partial charge in [-0.2, -0.15) is 0 Å². The molecule has 0 atom stereocenters. The molecule has 2 aromatic rings. The summed E-state index contributed by atoms with van der Waals surface area (Å²) in [5, 5.41) is 1.02. The molecule has 1 aromatic carbocycles. The predicted molar refractivity (Wildman–Crippen MR) is 56.1 cm³/mol. The maximum Gasteiger partial charge on any atom is 0.404 e. The molecule has 0 spiro atoms. The molecule has 0 saturated heterocycles. The first-order chi connectivity index (χ1) is 7.25. The number of primary amides is 1. The molecule has 2 N–H and O–H groups in total. The molecule has 4 nitrogen and oxygen atoms in total. The predicted octanol–water partition coefficient (Wildman–Crippen LogP) is 1.83. The van der Waals surface area contributed by atoms with Crippen LogP contribution in [0.15, 0.2) is 36.5 Å². The number of carbonyl (C=O) groups excluding carboxylic acids is 1. The number of pyridine rings is 1. The maximum absolute atomic E-state index is 10.4. The summed E-state index contributed by atoms with van der Waals surface area (Å²) in [6, 6.07) is 9.66. The van der Waals surface area contributed by atoms with Crippen molar-refractivity contribution >= 4 is 17.0 Å². The number of hydrogen-bond donors (Lipinski definition) is 1. The van der Waals surface area contributed by atoms with Gasteiger partial charge in [-0.25, -0.2) is 4.79 Å². The summed E-state index contributed by atoms with van der Waals surface area (Å²) in [7, 11) is 0. The van der Waals surface area contributed by atoms with Gasteiger partial charge in [0.25, 0.3) is 0 Å². The first-order valence-electron chi connectivity index (χ1n) is 4.51. The number of amides is 1. The molecule has 0 aliphatic heterocycles. The quantitative estimate of drug-likeness (QED) is 0.807. The number of aromatic nitrogens is 1. The summed E-state index contributed by atoms with van der Waals surface area (Å²) in [5.41, 5.74) is 6.61. The number of nitrogens with two attached hydrogens (primary N) is 1. The third kappa shape index (κ3) is 2.22. The van der Waals surface area contributed by atoms with Gasteiger partial charge >= 0.3 is 6.09 Å². The van der Waals surface area contributed by atoms with Crippen molar-refractivity contribution in [3.63, 3.8) is 0 Å². The minimum Gasteiger partial charge on any atom is -0.445 e. The van der Waals surface area contributed by atoms with E-state index in [0.717, 1.165) is 16.5 Å². The fourth-order valence-electron chi connectivity index (χ4n) is 1.35. The van der Waals surface area contributed by atoms with Gasteiger partial charge in [-0.1, -0.05) is 18.2 Å². The Morgan fingerprint density at radius 1 is 1.40 bits per heavy atom. The van der Waals surface area contributed by atoms with Crippen LogP contribution in [0.3, 0.4) is 0 Å². The SMILES string of the molecule is NC(=O)OCc1cnc2ccccc2c1. The minimum atomic E-state index is -0.775. The highest BCUT2D eigenvalue weighted by Gasteiger charge is 1.99. The Morgan fingerprint density at radius 3 is 3.00 bits per heavy atom. The fraction of sp³-hybridized carbons (Fsp3) is 0.0909. The first kappa shape index (κ1) is 9.45. The van der Waals surface area contributed by atoms with Gasteiger partial charge in [-0.3, -0.25) is 4.98 Å². The maximum atomic E-state index is 10.4. The molecule has 1 aromatic heterocycles. The molecule has 1 amide bonds. The standard InChI is InChI=1S/C11H10N2O2/c12-11(14)15-7-8-5-9-3-1-2-4-10(9)13-6-8/h1-6H,7H2,(H2,12,14). The smallest absolute Gasteiger partial charge is 0.404 e. The number of ether oxygens (including phenoxy) is 1. The van der Waals surface area contributed by atoms with E-state index in [9.17, 15) is 4.79 Å². The molecule has 76 valence electrons. The van der Waals surface area contributed by atoms with E-state index in [-0.39, 0.29) is 6.61 Å². The van der Waals surface area contributed by atoms with Crippen LogP contribution in [0.4, 0.5) is 4.79 Å². The second kappa shape index (κ2) is 3.96. The normalized spacial score (nSPS) is 10.1. The van der Waals surface area contributed by atoms with Crippen LogP contribution in [0.2, 0.25) is 0 Å². The van der Waals surface area contributed by atoms with Crippen molar-refractivity contribution in [3.05, 3.63) is 42.1 Å². The summed E-state index contributed by atoms with van der Waals surface area (Å²) in [5.74, 6) is 0. The Balaban J connectivity index is 2.26. The van der Waals surface area contributed by atoms with Gasteiger partial charge in [-0.05, 0) is 12.1 Å². The second-order valence-electron chi connectivity index (χ2n) is 3.14. The Morgan fingerprint density at radius 2 is 2.20 bits per heavy atom. The zero-order valence-corrected chi connectivity index (χ0v) is 8.01. The van der Waals surface area contributed by atoms with Crippen molar-refractivity contribution in [2.45, 2.75) is 6.61 Å². The molecule has 0 saturated carbocycles. The van der Waals surface area contributed by atoms with E-state index in [1.165, 1.54) is 0 Å².